The number of amides is 3. The zero-order valence-electron chi connectivity index (χ0n) is 5.80. The molecule has 0 bridgehead atoms. The third-order valence-corrected chi connectivity index (χ3v) is 2.72. The van der Waals surface area contributed by atoms with Crippen LogP contribution in [-0.4, -0.2) is 28.9 Å². The number of nitrogens with one attached hydrogen (secondary N) is 3. The number of alkyl halides is 1. The van der Waals surface area contributed by atoms with Gasteiger partial charge in [-0.25, -0.2) is 9.79 Å². The number of hydrogen-bond acceptors (Lipinski definition) is 4. The van der Waals surface area contributed by atoms with Gasteiger partial charge in [-0.1, -0.05) is 0 Å². The van der Waals surface area contributed by atoms with Crippen LogP contribution in [-0.2, 0) is 4.79 Å². The molecule has 1 fully saturated rings. The van der Waals surface area contributed by atoms with Gasteiger partial charge in [0.2, 0.25) is 4.45 Å². The Morgan fingerprint density at radius 3 is 3.08 bits per heavy atom. The first-order valence-corrected chi connectivity index (χ1v) is 4.02. The molecule has 2 aliphatic heterocycles. The summed E-state index contributed by atoms with van der Waals surface area (Å²) in [5.41, 5.74) is 0. The second-order valence-electron chi connectivity index (χ2n) is 2.46. The molecule has 1 saturated heterocycles. The molecule has 0 saturated carbocycles. The Morgan fingerprint density at radius 1 is 1.58 bits per heavy atom. The Balaban J connectivity index is 2.32. The fourth-order valence-electron chi connectivity index (χ4n) is 1.07. The van der Waals surface area contributed by atoms with E-state index < -0.39 is 22.6 Å². The summed E-state index contributed by atoms with van der Waals surface area (Å²) in [5.74, 6) is -0.436. The Morgan fingerprint density at radius 2 is 2.33 bits per heavy atom. The van der Waals surface area contributed by atoms with Crippen molar-refractivity contribution in [2.45, 2.75) is 10.6 Å². The number of imide groups is 1. The van der Waals surface area contributed by atoms with Gasteiger partial charge in [0.15, 0.2) is 6.17 Å². The number of hydrogen-bond donors (Lipinski definition) is 3. The Bertz CT molecular complexity index is 291. The summed E-state index contributed by atoms with van der Waals surface area (Å²) < 4.78 is -1.01. The van der Waals surface area contributed by atoms with Crippen LogP contribution in [0.15, 0.2) is 4.99 Å². The van der Waals surface area contributed by atoms with Gasteiger partial charge in [0, 0.05) is 0 Å². The molecule has 2 unspecified atom stereocenters. The average molecular weight is 233 g/mol. The molecule has 3 amide bonds. The summed E-state index contributed by atoms with van der Waals surface area (Å²) in [6, 6.07) is -0.527. The molecule has 0 radical (unpaired) electrons. The molecule has 0 spiro atoms. The van der Waals surface area contributed by atoms with E-state index in [0.29, 0.717) is 0 Å². The van der Waals surface area contributed by atoms with Crippen molar-refractivity contribution in [3.8, 4) is 0 Å². The fourth-order valence-corrected chi connectivity index (χ4v) is 1.50. The number of urea groups is 1. The van der Waals surface area contributed by atoms with E-state index in [9.17, 15) is 9.59 Å². The van der Waals surface area contributed by atoms with E-state index in [-0.39, 0.29) is 0 Å². The zero-order valence-corrected chi connectivity index (χ0v) is 7.38. The molecule has 2 rings (SSSR count). The van der Waals surface area contributed by atoms with Crippen molar-refractivity contribution in [1.82, 2.24) is 16.0 Å². The van der Waals surface area contributed by atoms with Crippen LogP contribution in [0.1, 0.15) is 0 Å². The van der Waals surface area contributed by atoms with E-state index in [1.165, 1.54) is 6.34 Å². The van der Waals surface area contributed by atoms with E-state index in [2.05, 4.69) is 36.9 Å². The van der Waals surface area contributed by atoms with Crippen molar-refractivity contribution >= 4 is 34.2 Å². The minimum absolute atomic E-state index is 0.436. The lowest BCUT2D eigenvalue weighted by Gasteiger charge is -2.31. The number of rotatable bonds is 0. The molecule has 0 aromatic carbocycles. The molecular formula is C5H5BrN4O2. The lowest BCUT2D eigenvalue weighted by molar-refractivity contribution is -0.123. The maximum absolute atomic E-state index is 11.2. The molecule has 12 heavy (non-hydrogen) atoms. The van der Waals surface area contributed by atoms with Gasteiger partial charge in [0.05, 0.1) is 6.34 Å². The van der Waals surface area contributed by atoms with E-state index >= 15 is 0 Å². The number of halogens is 1. The normalized spacial score (nSPS) is 38.2. The lowest BCUT2D eigenvalue weighted by Crippen LogP contribution is -2.68. The van der Waals surface area contributed by atoms with Crippen molar-refractivity contribution in [1.29, 1.82) is 0 Å². The molecule has 2 aliphatic rings. The van der Waals surface area contributed by atoms with Gasteiger partial charge in [-0.15, -0.1) is 0 Å². The topological polar surface area (TPSA) is 82.6 Å². The molecular weight excluding hydrogens is 228 g/mol. The molecule has 0 aliphatic carbocycles. The highest BCUT2D eigenvalue weighted by molar-refractivity contribution is 9.10. The van der Waals surface area contributed by atoms with Crippen molar-refractivity contribution in [2.24, 2.45) is 4.99 Å². The van der Waals surface area contributed by atoms with Crippen LogP contribution in [0.3, 0.4) is 0 Å². The summed E-state index contributed by atoms with van der Waals surface area (Å²) in [7, 11) is 0. The second-order valence-corrected chi connectivity index (χ2v) is 3.72. The quantitative estimate of drug-likeness (QED) is 0.366. The van der Waals surface area contributed by atoms with Crippen LogP contribution < -0.4 is 16.0 Å². The predicted molar refractivity (Wildman–Crippen MR) is 43.7 cm³/mol. The maximum Gasteiger partial charge on any atom is 0.323 e. The minimum atomic E-state index is -1.01. The van der Waals surface area contributed by atoms with Crippen LogP contribution in [0, 0.1) is 0 Å². The molecule has 64 valence electrons. The first-order valence-electron chi connectivity index (χ1n) is 3.23. The highest BCUT2D eigenvalue weighted by Gasteiger charge is 2.50. The predicted octanol–water partition coefficient (Wildman–Crippen LogP) is -1.13. The summed E-state index contributed by atoms with van der Waals surface area (Å²) in [5, 5.41) is 7.29. The zero-order chi connectivity index (χ0) is 8.77. The van der Waals surface area contributed by atoms with Gasteiger partial charge in [-0.3, -0.25) is 10.1 Å². The van der Waals surface area contributed by atoms with Crippen LogP contribution in [0.4, 0.5) is 4.79 Å². The number of aliphatic imine (C=N–C) groups is 1. The molecule has 3 N–H and O–H groups in total. The minimum Gasteiger partial charge on any atom is -0.350 e. The van der Waals surface area contributed by atoms with Crippen LogP contribution in [0.25, 0.3) is 0 Å². The number of carbonyl (C=O) groups is 2. The van der Waals surface area contributed by atoms with Crippen molar-refractivity contribution in [3.63, 3.8) is 0 Å². The van der Waals surface area contributed by atoms with Crippen LogP contribution in [0.2, 0.25) is 0 Å². The van der Waals surface area contributed by atoms with Gasteiger partial charge < -0.3 is 10.6 Å². The van der Waals surface area contributed by atoms with Gasteiger partial charge in [-0.05, 0) is 15.9 Å². The molecule has 2 atom stereocenters. The maximum atomic E-state index is 11.2. The summed E-state index contributed by atoms with van der Waals surface area (Å²) >= 11 is 3.15. The summed E-state index contributed by atoms with van der Waals surface area (Å²) in [6.45, 7) is 0. The first-order chi connectivity index (χ1) is 5.63. The summed E-state index contributed by atoms with van der Waals surface area (Å²) in [6.07, 6.45) is 0.809. The van der Waals surface area contributed by atoms with Gasteiger partial charge in [0.25, 0.3) is 5.91 Å². The van der Waals surface area contributed by atoms with E-state index in [1.807, 2.05) is 0 Å². The largest absolute Gasteiger partial charge is 0.350 e. The van der Waals surface area contributed by atoms with Crippen molar-refractivity contribution in [2.75, 3.05) is 0 Å². The van der Waals surface area contributed by atoms with E-state index in [1.54, 1.807) is 0 Å². The highest BCUT2D eigenvalue weighted by Crippen LogP contribution is 2.25. The van der Waals surface area contributed by atoms with Crippen molar-refractivity contribution < 1.29 is 9.59 Å². The van der Waals surface area contributed by atoms with Crippen molar-refractivity contribution in [3.05, 3.63) is 0 Å². The third-order valence-electron chi connectivity index (χ3n) is 1.70. The molecule has 6 nitrogen and oxygen atoms in total. The molecule has 0 aromatic heterocycles. The fraction of sp³-hybridized carbons (Fsp3) is 0.400. The monoisotopic (exact) mass is 232 g/mol. The Kier molecular flexibility index (Phi) is 1.38. The highest BCUT2D eigenvalue weighted by atomic mass is 79.9. The number of carbonyl (C=O) groups excluding carboxylic acids is 2. The van der Waals surface area contributed by atoms with Gasteiger partial charge >= 0.3 is 6.03 Å². The van der Waals surface area contributed by atoms with Gasteiger partial charge in [-0.2, -0.15) is 0 Å². The van der Waals surface area contributed by atoms with E-state index in [0.717, 1.165) is 0 Å². The lowest BCUT2D eigenvalue weighted by atomic mass is 10.2. The van der Waals surface area contributed by atoms with Crippen LogP contribution in [0.5, 0.6) is 0 Å². The second kappa shape index (κ2) is 2.19. The smallest absolute Gasteiger partial charge is 0.323 e. The van der Waals surface area contributed by atoms with E-state index in [4.69, 9.17) is 0 Å². The van der Waals surface area contributed by atoms with Crippen LogP contribution >= 0.6 is 15.9 Å². The molecule has 7 heteroatoms. The SMILES string of the molecule is O=C1NC(=O)C2(Br)NC=NC2N1. The Hall–Kier alpha value is -1.11. The average Bonchev–Trinajstić information content (AvgIpc) is 2.33. The number of fused-ring (bicyclic) bond motifs is 1. The first kappa shape index (κ1) is 7.53. The third kappa shape index (κ3) is 0.826. The van der Waals surface area contributed by atoms with Gasteiger partial charge in [0.1, 0.15) is 0 Å². The summed E-state index contributed by atoms with van der Waals surface area (Å²) in [4.78, 5) is 25.9. The molecule has 0 aromatic rings. The standard InChI is InChI=1S/C5H5BrN4O2/c6-5-2(7-1-8-5)9-4(12)10-3(5)11/h1-2H,(H,7,8)(H2,9,10,11,12). The Labute approximate surface area is 75.9 Å². The molecule has 2 heterocycles. The number of nitrogens with zero attached hydrogens (tertiary/aromatic N) is 1.